The van der Waals surface area contributed by atoms with Crippen molar-refractivity contribution in [1.29, 1.82) is 0 Å². The van der Waals surface area contributed by atoms with E-state index in [1.54, 1.807) is 16.7 Å². The van der Waals surface area contributed by atoms with Gasteiger partial charge in [-0.2, -0.15) is 0 Å². The number of nitrogens with zero attached hydrogens (tertiary/aromatic N) is 3. The third kappa shape index (κ3) is 2.42. The Morgan fingerprint density at radius 1 is 1.45 bits per heavy atom. The summed E-state index contributed by atoms with van der Waals surface area (Å²) < 4.78 is 1.70. The normalized spacial score (nSPS) is 15.5. The predicted octanol–water partition coefficient (Wildman–Crippen LogP) is 1.15. The zero-order valence-corrected chi connectivity index (χ0v) is 11.3. The van der Waals surface area contributed by atoms with Gasteiger partial charge >= 0.3 is 5.69 Å². The summed E-state index contributed by atoms with van der Waals surface area (Å²) in [6.45, 7) is 0. The number of oxime groups is 1. The number of aromatic nitrogens is 3. The van der Waals surface area contributed by atoms with E-state index in [9.17, 15) is 4.79 Å². The second kappa shape index (κ2) is 5.04. The lowest BCUT2D eigenvalue weighted by Gasteiger charge is -2.04. The molecule has 20 heavy (non-hydrogen) atoms. The topological polar surface area (TPSA) is 109 Å². The molecule has 1 aromatic carbocycles. The van der Waals surface area contributed by atoms with Crippen LogP contribution >= 0.6 is 11.8 Å². The number of benzene rings is 1. The molecule has 1 aliphatic carbocycles. The molecule has 8 heteroatoms. The fourth-order valence-corrected chi connectivity index (χ4v) is 2.78. The molecular weight excluding hydrogens is 278 g/mol. The SMILES string of the molecule is NC(=NO)c1ccc(Sc2n[nH]c(=O)n2C2CC2)cc1. The van der Waals surface area contributed by atoms with Crippen LogP contribution in [0.5, 0.6) is 0 Å². The Hall–Kier alpha value is -2.22. The van der Waals surface area contributed by atoms with E-state index in [-0.39, 0.29) is 17.6 Å². The van der Waals surface area contributed by atoms with E-state index in [0.717, 1.165) is 17.7 Å². The third-order valence-corrected chi connectivity index (χ3v) is 4.03. The minimum Gasteiger partial charge on any atom is -0.409 e. The zero-order chi connectivity index (χ0) is 14.1. The quantitative estimate of drug-likeness (QED) is 0.339. The molecule has 1 fully saturated rings. The van der Waals surface area contributed by atoms with Crippen LogP contribution in [0.2, 0.25) is 0 Å². The Balaban J connectivity index is 1.83. The van der Waals surface area contributed by atoms with Crippen LogP contribution in [0.15, 0.2) is 44.3 Å². The van der Waals surface area contributed by atoms with Crippen LogP contribution in [0.3, 0.4) is 0 Å². The first-order valence-electron chi connectivity index (χ1n) is 6.12. The van der Waals surface area contributed by atoms with Crippen LogP contribution in [0.4, 0.5) is 0 Å². The molecular formula is C12H13N5O2S. The summed E-state index contributed by atoms with van der Waals surface area (Å²) >= 11 is 1.41. The minimum absolute atomic E-state index is 0.0659. The fourth-order valence-electron chi connectivity index (χ4n) is 1.87. The van der Waals surface area contributed by atoms with E-state index in [1.165, 1.54) is 11.8 Å². The van der Waals surface area contributed by atoms with Crippen molar-refractivity contribution >= 4 is 17.6 Å². The molecule has 4 N–H and O–H groups in total. The number of hydrogen-bond donors (Lipinski definition) is 3. The lowest BCUT2D eigenvalue weighted by Crippen LogP contribution is -2.16. The Morgan fingerprint density at radius 2 is 2.15 bits per heavy atom. The van der Waals surface area contributed by atoms with Gasteiger partial charge in [-0.25, -0.2) is 9.89 Å². The summed E-state index contributed by atoms with van der Waals surface area (Å²) in [6.07, 6.45) is 2.05. The molecule has 0 radical (unpaired) electrons. The standard InChI is InChI=1S/C12H13N5O2S/c13-10(16-19)7-1-5-9(6-2-7)20-12-15-14-11(18)17(12)8-3-4-8/h1-2,5-6,8,19H,3-4H2,(H2,13,16)(H,14,18). The van der Waals surface area contributed by atoms with Crippen molar-refractivity contribution in [3.8, 4) is 0 Å². The Labute approximate surface area is 118 Å². The van der Waals surface area contributed by atoms with Crippen LogP contribution < -0.4 is 11.4 Å². The fraction of sp³-hybridized carbons (Fsp3) is 0.250. The first-order chi connectivity index (χ1) is 9.69. The summed E-state index contributed by atoms with van der Waals surface area (Å²) in [7, 11) is 0. The highest BCUT2D eigenvalue weighted by Crippen LogP contribution is 2.37. The third-order valence-electron chi connectivity index (χ3n) is 3.05. The molecule has 104 valence electrons. The van der Waals surface area contributed by atoms with Crippen molar-refractivity contribution < 1.29 is 5.21 Å². The van der Waals surface area contributed by atoms with Crippen LogP contribution in [0.25, 0.3) is 0 Å². The summed E-state index contributed by atoms with van der Waals surface area (Å²) in [4.78, 5) is 12.6. The number of nitrogens with one attached hydrogen (secondary N) is 1. The van der Waals surface area contributed by atoms with Crippen molar-refractivity contribution in [3.05, 3.63) is 40.3 Å². The Bertz CT molecular complexity index is 699. The van der Waals surface area contributed by atoms with Crippen LogP contribution in [-0.2, 0) is 0 Å². The van der Waals surface area contributed by atoms with Crippen LogP contribution in [-0.4, -0.2) is 25.8 Å². The summed E-state index contributed by atoms with van der Waals surface area (Å²) in [5.74, 6) is 0.0659. The number of aromatic amines is 1. The van der Waals surface area contributed by atoms with Gasteiger partial charge in [-0.15, -0.1) is 5.10 Å². The largest absolute Gasteiger partial charge is 0.409 e. The van der Waals surface area contributed by atoms with Gasteiger partial charge in [0.15, 0.2) is 11.0 Å². The number of nitrogens with two attached hydrogens (primary N) is 1. The Kier molecular flexibility index (Phi) is 3.23. The molecule has 0 spiro atoms. The summed E-state index contributed by atoms with van der Waals surface area (Å²) in [6, 6.07) is 7.47. The first-order valence-corrected chi connectivity index (χ1v) is 6.93. The van der Waals surface area contributed by atoms with Gasteiger partial charge in [0.1, 0.15) is 0 Å². The maximum Gasteiger partial charge on any atom is 0.344 e. The molecule has 1 heterocycles. The predicted molar refractivity (Wildman–Crippen MR) is 74.2 cm³/mol. The van der Waals surface area contributed by atoms with E-state index < -0.39 is 0 Å². The molecule has 1 saturated carbocycles. The van der Waals surface area contributed by atoms with Crippen molar-refractivity contribution in [1.82, 2.24) is 14.8 Å². The monoisotopic (exact) mass is 291 g/mol. The zero-order valence-electron chi connectivity index (χ0n) is 10.5. The lowest BCUT2D eigenvalue weighted by molar-refractivity contribution is 0.318. The average Bonchev–Trinajstić information content (AvgIpc) is 3.24. The summed E-state index contributed by atoms with van der Waals surface area (Å²) in [5.41, 5.74) is 5.98. The lowest BCUT2D eigenvalue weighted by atomic mass is 10.2. The van der Waals surface area contributed by atoms with Crippen molar-refractivity contribution in [3.63, 3.8) is 0 Å². The Morgan fingerprint density at radius 3 is 2.75 bits per heavy atom. The van der Waals surface area contributed by atoms with Gasteiger partial charge in [0.25, 0.3) is 0 Å². The minimum atomic E-state index is -0.164. The van der Waals surface area contributed by atoms with Gasteiger partial charge in [0.2, 0.25) is 0 Å². The van der Waals surface area contributed by atoms with Crippen molar-refractivity contribution in [2.45, 2.75) is 28.9 Å². The highest BCUT2D eigenvalue weighted by atomic mass is 32.2. The van der Waals surface area contributed by atoms with Crippen LogP contribution in [0.1, 0.15) is 24.4 Å². The number of hydrogen-bond acceptors (Lipinski definition) is 5. The molecule has 0 aliphatic heterocycles. The molecule has 3 rings (SSSR count). The molecule has 2 aromatic rings. The number of H-pyrrole nitrogens is 1. The van der Waals surface area contributed by atoms with E-state index >= 15 is 0 Å². The van der Waals surface area contributed by atoms with Gasteiger partial charge in [-0.05, 0) is 36.7 Å². The average molecular weight is 291 g/mol. The van der Waals surface area contributed by atoms with Crippen molar-refractivity contribution in [2.24, 2.45) is 10.9 Å². The molecule has 7 nitrogen and oxygen atoms in total. The van der Waals surface area contributed by atoms with E-state index in [1.807, 2.05) is 12.1 Å². The molecule has 0 saturated heterocycles. The van der Waals surface area contributed by atoms with E-state index in [2.05, 4.69) is 15.4 Å². The van der Waals surface area contributed by atoms with Gasteiger partial charge in [-0.3, -0.25) is 4.57 Å². The van der Waals surface area contributed by atoms with Gasteiger partial charge in [0, 0.05) is 16.5 Å². The highest BCUT2D eigenvalue weighted by molar-refractivity contribution is 7.99. The maximum absolute atomic E-state index is 11.7. The van der Waals surface area contributed by atoms with Gasteiger partial charge in [-0.1, -0.05) is 17.3 Å². The van der Waals surface area contributed by atoms with Gasteiger partial charge in [0.05, 0.1) is 0 Å². The number of amidine groups is 1. The molecule has 0 bridgehead atoms. The maximum atomic E-state index is 11.7. The van der Waals surface area contributed by atoms with Crippen molar-refractivity contribution in [2.75, 3.05) is 0 Å². The molecule has 1 aromatic heterocycles. The highest BCUT2D eigenvalue weighted by Gasteiger charge is 2.28. The smallest absolute Gasteiger partial charge is 0.344 e. The second-order valence-corrected chi connectivity index (χ2v) is 5.56. The van der Waals surface area contributed by atoms with E-state index in [0.29, 0.717) is 10.7 Å². The first kappa shape index (κ1) is 12.8. The van der Waals surface area contributed by atoms with Gasteiger partial charge < -0.3 is 10.9 Å². The molecule has 0 unspecified atom stereocenters. The second-order valence-electron chi connectivity index (χ2n) is 4.52. The molecule has 0 atom stereocenters. The summed E-state index contributed by atoms with van der Waals surface area (Å²) in [5, 5.41) is 18.7. The molecule has 0 amide bonds. The van der Waals surface area contributed by atoms with E-state index in [4.69, 9.17) is 10.9 Å². The molecule has 1 aliphatic rings. The number of rotatable bonds is 4. The van der Waals surface area contributed by atoms with Crippen LogP contribution in [0, 0.1) is 0 Å².